The van der Waals surface area contributed by atoms with Crippen LogP contribution in [0, 0.1) is 0 Å². The number of aromatic nitrogens is 2. The molecule has 0 fully saturated rings. The molecule has 0 bridgehead atoms. The van der Waals surface area contributed by atoms with Gasteiger partial charge in [0.2, 0.25) is 0 Å². The Hall–Kier alpha value is -2.96. The van der Waals surface area contributed by atoms with Crippen molar-refractivity contribution < 1.29 is 13.5 Å². The van der Waals surface area contributed by atoms with Crippen molar-refractivity contribution in [1.29, 1.82) is 0 Å². The second-order valence-electron chi connectivity index (χ2n) is 5.90. The maximum absolute atomic E-state index is 13.3. The monoisotopic (exact) mass is 364 g/mol. The SMILES string of the molecule is O=S(=O)(c1ccccc1)n1c([C@H](O)c2ccccc2)cc2ccncc21. The predicted molar refractivity (Wildman–Crippen MR) is 99.3 cm³/mol. The van der Waals surface area contributed by atoms with Gasteiger partial charge in [0.1, 0.15) is 6.10 Å². The van der Waals surface area contributed by atoms with Gasteiger partial charge in [-0.05, 0) is 29.8 Å². The first-order valence-corrected chi connectivity index (χ1v) is 9.52. The maximum Gasteiger partial charge on any atom is 0.268 e. The van der Waals surface area contributed by atoms with Gasteiger partial charge in [0.15, 0.2) is 0 Å². The van der Waals surface area contributed by atoms with Crippen LogP contribution in [-0.2, 0) is 10.0 Å². The zero-order chi connectivity index (χ0) is 18.1. The van der Waals surface area contributed by atoms with Crippen molar-refractivity contribution in [1.82, 2.24) is 8.96 Å². The van der Waals surface area contributed by atoms with Gasteiger partial charge >= 0.3 is 0 Å². The largest absolute Gasteiger partial charge is 0.382 e. The molecule has 26 heavy (non-hydrogen) atoms. The molecule has 0 aliphatic heterocycles. The Kier molecular flexibility index (Phi) is 4.06. The first kappa shape index (κ1) is 16.5. The summed E-state index contributed by atoms with van der Waals surface area (Å²) in [6.45, 7) is 0. The van der Waals surface area contributed by atoms with E-state index >= 15 is 0 Å². The quantitative estimate of drug-likeness (QED) is 0.603. The highest BCUT2D eigenvalue weighted by Crippen LogP contribution is 2.31. The molecule has 0 aliphatic carbocycles. The Morgan fingerprint density at radius 2 is 1.58 bits per heavy atom. The summed E-state index contributed by atoms with van der Waals surface area (Å²) in [5.74, 6) is 0. The van der Waals surface area contributed by atoms with Crippen molar-refractivity contribution in [2.75, 3.05) is 0 Å². The maximum atomic E-state index is 13.3. The van der Waals surface area contributed by atoms with Crippen LogP contribution in [-0.4, -0.2) is 22.5 Å². The lowest BCUT2D eigenvalue weighted by Crippen LogP contribution is -2.18. The van der Waals surface area contributed by atoms with Crippen LogP contribution in [0.1, 0.15) is 17.4 Å². The third-order valence-electron chi connectivity index (χ3n) is 4.27. The first-order chi connectivity index (χ1) is 12.6. The number of aliphatic hydroxyl groups excluding tert-OH is 1. The number of pyridine rings is 1. The molecular weight excluding hydrogens is 348 g/mol. The molecule has 5 nitrogen and oxygen atoms in total. The van der Waals surface area contributed by atoms with Gasteiger partial charge in [-0.3, -0.25) is 4.98 Å². The van der Waals surface area contributed by atoms with Gasteiger partial charge in [-0.25, -0.2) is 12.4 Å². The Morgan fingerprint density at radius 1 is 0.923 bits per heavy atom. The van der Waals surface area contributed by atoms with Crippen molar-refractivity contribution in [3.63, 3.8) is 0 Å². The second-order valence-corrected chi connectivity index (χ2v) is 7.69. The van der Waals surface area contributed by atoms with Crippen molar-refractivity contribution in [2.45, 2.75) is 11.0 Å². The van der Waals surface area contributed by atoms with Crippen LogP contribution in [0.25, 0.3) is 10.9 Å². The summed E-state index contributed by atoms with van der Waals surface area (Å²) < 4.78 is 27.8. The molecule has 2 aromatic heterocycles. The number of hydrogen-bond donors (Lipinski definition) is 1. The summed E-state index contributed by atoms with van der Waals surface area (Å²) in [6, 6.07) is 20.6. The molecule has 4 aromatic rings. The summed E-state index contributed by atoms with van der Waals surface area (Å²) in [5.41, 5.74) is 1.33. The van der Waals surface area contributed by atoms with Crippen LogP contribution >= 0.6 is 0 Å². The number of hydrogen-bond acceptors (Lipinski definition) is 4. The molecule has 6 heteroatoms. The van der Waals surface area contributed by atoms with Crippen molar-refractivity contribution in [2.24, 2.45) is 0 Å². The molecule has 2 heterocycles. The highest BCUT2D eigenvalue weighted by atomic mass is 32.2. The van der Waals surface area contributed by atoms with E-state index in [0.717, 1.165) is 0 Å². The van der Waals surface area contributed by atoms with Gasteiger partial charge in [-0.15, -0.1) is 0 Å². The molecule has 1 atom stereocenters. The Labute approximate surface area is 151 Å². The molecular formula is C20H16N2O3S. The molecule has 0 saturated heterocycles. The van der Waals surface area contributed by atoms with Gasteiger partial charge in [0.05, 0.1) is 22.3 Å². The molecule has 1 N–H and O–H groups in total. The Bertz CT molecular complexity index is 1150. The summed E-state index contributed by atoms with van der Waals surface area (Å²) >= 11 is 0. The fraction of sp³-hybridized carbons (Fsp3) is 0.0500. The van der Waals surface area contributed by atoms with Crippen molar-refractivity contribution in [3.8, 4) is 0 Å². The van der Waals surface area contributed by atoms with Crippen molar-refractivity contribution >= 4 is 20.9 Å². The van der Waals surface area contributed by atoms with Crippen LogP contribution in [0.3, 0.4) is 0 Å². The molecule has 0 amide bonds. The van der Waals surface area contributed by atoms with Crippen LogP contribution in [0.2, 0.25) is 0 Å². The average molecular weight is 364 g/mol. The molecule has 2 aromatic carbocycles. The smallest absolute Gasteiger partial charge is 0.268 e. The van der Waals surface area contributed by atoms with Crippen molar-refractivity contribution in [3.05, 3.63) is 96.4 Å². The van der Waals surface area contributed by atoms with Gasteiger partial charge in [-0.2, -0.15) is 0 Å². The van der Waals surface area contributed by atoms with E-state index in [2.05, 4.69) is 4.98 Å². The van der Waals surface area contributed by atoms with Gasteiger partial charge in [0, 0.05) is 11.6 Å². The molecule has 0 aliphatic rings. The fourth-order valence-electron chi connectivity index (χ4n) is 3.01. The van der Waals surface area contributed by atoms with Crippen LogP contribution < -0.4 is 0 Å². The molecule has 0 spiro atoms. The highest BCUT2D eigenvalue weighted by molar-refractivity contribution is 7.90. The fourth-order valence-corrected chi connectivity index (χ4v) is 4.56. The lowest BCUT2D eigenvalue weighted by Gasteiger charge is -2.16. The minimum Gasteiger partial charge on any atom is -0.382 e. The number of nitrogens with zero attached hydrogens (tertiary/aromatic N) is 2. The lowest BCUT2D eigenvalue weighted by molar-refractivity contribution is 0.214. The van der Waals surface area contributed by atoms with Gasteiger partial charge < -0.3 is 5.11 Å². The predicted octanol–water partition coefficient (Wildman–Crippen LogP) is 3.36. The third kappa shape index (κ3) is 2.69. The van der Waals surface area contributed by atoms with Gasteiger partial charge in [-0.1, -0.05) is 48.5 Å². The number of rotatable bonds is 4. The van der Waals surface area contributed by atoms with E-state index in [1.165, 1.54) is 22.3 Å². The number of fused-ring (bicyclic) bond motifs is 1. The standard InChI is InChI=1S/C20H16N2O3S/c23-20(15-7-3-1-4-8-15)18-13-16-11-12-21-14-19(16)22(18)26(24,25)17-9-5-2-6-10-17/h1-14,20,23H/t20-/m1/s1. The Morgan fingerprint density at radius 3 is 2.27 bits per heavy atom. The van der Waals surface area contributed by atoms with E-state index in [0.29, 0.717) is 16.5 Å². The number of aliphatic hydroxyl groups is 1. The molecule has 0 unspecified atom stereocenters. The van der Waals surface area contributed by atoms with E-state index in [4.69, 9.17) is 0 Å². The van der Waals surface area contributed by atoms with Crippen LogP contribution in [0.4, 0.5) is 0 Å². The van der Waals surface area contributed by atoms with E-state index in [-0.39, 0.29) is 10.6 Å². The van der Waals surface area contributed by atoms with E-state index in [9.17, 15) is 13.5 Å². The topological polar surface area (TPSA) is 72.2 Å². The van der Waals surface area contributed by atoms with Crippen LogP contribution in [0.15, 0.2) is 90.1 Å². The summed E-state index contributed by atoms with van der Waals surface area (Å²) in [4.78, 5) is 4.21. The summed E-state index contributed by atoms with van der Waals surface area (Å²) in [5, 5.41) is 11.6. The third-order valence-corrected chi connectivity index (χ3v) is 6.02. The molecule has 4 rings (SSSR count). The minimum absolute atomic E-state index is 0.155. The van der Waals surface area contributed by atoms with E-state index in [1.54, 1.807) is 60.8 Å². The average Bonchev–Trinajstić information content (AvgIpc) is 3.09. The lowest BCUT2D eigenvalue weighted by atomic mass is 10.1. The summed E-state index contributed by atoms with van der Waals surface area (Å²) in [7, 11) is -3.89. The van der Waals surface area contributed by atoms with Gasteiger partial charge in [0.25, 0.3) is 10.0 Å². The molecule has 0 radical (unpaired) electrons. The minimum atomic E-state index is -3.89. The second kappa shape index (κ2) is 6.40. The molecule has 130 valence electrons. The van der Waals surface area contributed by atoms with E-state index < -0.39 is 16.1 Å². The Balaban J connectivity index is 1.99. The zero-order valence-corrected chi connectivity index (χ0v) is 14.5. The molecule has 0 saturated carbocycles. The van der Waals surface area contributed by atoms with Crippen LogP contribution in [0.5, 0.6) is 0 Å². The van der Waals surface area contributed by atoms with E-state index in [1.807, 2.05) is 6.07 Å². The summed E-state index contributed by atoms with van der Waals surface area (Å²) in [6.07, 6.45) is 2.01. The normalized spacial score (nSPS) is 13.0. The highest BCUT2D eigenvalue weighted by Gasteiger charge is 2.27. The first-order valence-electron chi connectivity index (χ1n) is 8.08. The number of benzene rings is 2. The zero-order valence-electron chi connectivity index (χ0n) is 13.7.